The fraction of sp³-hybridized carbons (Fsp3) is 0.0667. The standard InChI is InChI=1S/C15H12ClN3O2S/c1-19(17-10-11-6-2-4-8-13(11)16)15-12-7-3-5-9-14(12)22(20,21)18-15/h2-10H,1H3. The monoisotopic (exact) mass is 333 g/mol. The molecule has 0 amide bonds. The van der Waals surface area contributed by atoms with Crippen LogP contribution in [0.4, 0.5) is 0 Å². The van der Waals surface area contributed by atoms with E-state index in [1.54, 1.807) is 37.5 Å². The van der Waals surface area contributed by atoms with Crippen LogP contribution in [-0.2, 0) is 10.0 Å². The molecule has 0 saturated heterocycles. The molecular weight excluding hydrogens is 322 g/mol. The van der Waals surface area contributed by atoms with Crippen LogP contribution in [0.5, 0.6) is 0 Å². The third kappa shape index (κ3) is 2.63. The highest BCUT2D eigenvalue weighted by atomic mass is 35.5. The minimum atomic E-state index is -3.64. The Balaban J connectivity index is 1.94. The summed E-state index contributed by atoms with van der Waals surface area (Å²) in [6.07, 6.45) is 1.57. The first-order valence-corrected chi connectivity index (χ1v) is 8.27. The Morgan fingerprint density at radius 3 is 2.59 bits per heavy atom. The average molecular weight is 334 g/mol. The second-order valence-corrected chi connectivity index (χ2v) is 6.66. The predicted molar refractivity (Wildman–Crippen MR) is 87.0 cm³/mol. The predicted octanol–water partition coefficient (Wildman–Crippen LogP) is 2.75. The molecule has 1 aliphatic rings. The zero-order valence-electron chi connectivity index (χ0n) is 11.6. The summed E-state index contributed by atoms with van der Waals surface area (Å²) in [6.45, 7) is 0. The Hall–Kier alpha value is -2.18. The number of hydrazone groups is 1. The summed E-state index contributed by atoms with van der Waals surface area (Å²) < 4.78 is 27.8. The molecule has 1 heterocycles. The third-order valence-corrected chi connectivity index (χ3v) is 4.86. The molecule has 0 bridgehead atoms. The molecule has 3 rings (SSSR count). The molecule has 2 aromatic carbocycles. The lowest BCUT2D eigenvalue weighted by molar-refractivity contribution is 0.549. The molecule has 0 spiro atoms. The first kappa shape index (κ1) is 14.7. The molecule has 0 aliphatic carbocycles. The summed E-state index contributed by atoms with van der Waals surface area (Å²) in [6, 6.07) is 13.9. The molecule has 0 saturated carbocycles. The molecule has 0 N–H and O–H groups in total. The molecule has 22 heavy (non-hydrogen) atoms. The summed E-state index contributed by atoms with van der Waals surface area (Å²) in [7, 11) is -2.00. The first-order valence-electron chi connectivity index (χ1n) is 6.46. The Labute approximate surface area is 133 Å². The number of sulfonamides is 1. The van der Waals surface area contributed by atoms with Crippen molar-refractivity contribution >= 4 is 33.7 Å². The molecule has 0 unspecified atom stereocenters. The second kappa shape index (κ2) is 5.55. The lowest BCUT2D eigenvalue weighted by Crippen LogP contribution is -2.21. The summed E-state index contributed by atoms with van der Waals surface area (Å²) in [5.41, 5.74) is 1.28. The maximum atomic E-state index is 12.0. The van der Waals surface area contributed by atoms with E-state index in [1.165, 1.54) is 11.1 Å². The van der Waals surface area contributed by atoms with E-state index in [4.69, 9.17) is 11.6 Å². The van der Waals surface area contributed by atoms with Crippen LogP contribution in [0.25, 0.3) is 0 Å². The fourth-order valence-corrected chi connectivity index (χ4v) is 3.52. The summed E-state index contributed by atoms with van der Waals surface area (Å²) in [5.74, 6) is 0.291. The van der Waals surface area contributed by atoms with Gasteiger partial charge in [-0.1, -0.05) is 41.9 Å². The van der Waals surface area contributed by atoms with Crippen LogP contribution >= 0.6 is 11.6 Å². The van der Waals surface area contributed by atoms with Crippen LogP contribution in [0.2, 0.25) is 5.02 Å². The van der Waals surface area contributed by atoms with Crippen LogP contribution in [0.1, 0.15) is 11.1 Å². The van der Waals surface area contributed by atoms with Crippen molar-refractivity contribution in [1.29, 1.82) is 0 Å². The van der Waals surface area contributed by atoms with Gasteiger partial charge in [0.15, 0.2) is 5.84 Å². The Morgan fingerprint density at radius 2 is 1.82 bits per heavy atom. The van der Waals surface area contributed by atoms with Gasteiger partial charge in [-0.15, -0.1) is 4.40 Å². The Kier molecular flexibility index (Phi) is 3.72. The summed E-state index contributed by atoms with van der Waals surface area (Å²) in [5, 5.41) is 6.22. The lowest BCUT2D eigenvalue weighted by atomic mass is 10.2. The van der Waals surface area contributed by atoms with Crippen molar-refractivity contribution < 1.29 is 8.42 Å². The van der Waals surface area contributed by atoms with Gasteiger partial charge in [-0.25, -0.2) is 5.01 Å². The number of nitrogens with zero attached hydrogens (tertiary/aromatic N) is 3. The van der Waals surface area contributed by atoms with Crippen LogP contribution < -0.4 is 0 Å². The smallest absolute Gasteiger partial charge is 0.250 e. The highest BCUT2D eigenvalue weighted by molar-refractivity contribution is 7.90. The van der Waals surface area contributed by atoms with Gasteiger partial charge in [0.1, 0.15) is 4.90 Å². The van der Waals surface area contributed by atoms with E-state index in [0.717, 1.165) is 5.56 Å². The maximum absolute atomic E-state index is 12.0. The van der Waals surface area contributed by atoms with Gasteiger partial charge in [-0.3, -0.25) is 0 Å². The number of fused-ring (bicyclic) bond motifs is 1. The zero-order chi connectivity index (χ0) is 15.7. The van der Waals surface area contributed by atoms with Gasteiger partial charge in [-0.2, -0.15) is 13.5 Å². The Morgan fingerprint density at radius 1 is 1.14 bits per heavy atom. The van der Waals surface area contributed by atoms with E-state index >= 15 is 0 Å². The van der Waals surface area contributed by atoms with Gasteiger partial charge in [0, 0.05) is 23.2 Å². The van der Waals surface area contributed by atoms with Crippen molar-refractivity contribution in [2.75, 3.05) is 7.05 Å². The Bertz CT molecular complexity index is 891. The summed E-state index contributed by atoms with van der Waals surface area (Å²) in [4.78, 5) is 0.199. The lowest BCUT2D eigenvalue weighted by Gasteiger charge is -2.12. The van der Waals surface area contributed by atoms with Gasteiger partial charge < -0.3 is 0 Å². The number of amidine groups is 1. The van der Waals surface area contributed by atoms with Crippen LogP contribution in [0, 0.1) is 0 Å². The molecule has 0 aromatic heterocycles. The van der Waals surface area contributed by atoms with E-state index in [1.807, 2.05) is 18.2 Å². The van der Waals surface area contributed by atoms with Crippen molar-refractivity contribution in [3.63, 3.8) is 0 Å². The minimum absolute atomic E-state index is 0.199. The molecule has 1 aliphatic heterocycles. The van der Waals surface area contributed by atoms with Crippen molar-refractivity contribution in [3.05, 3.63) is 64.7 Å². The van der Waals surface area contributed by atoms with E-state index in [-0.39, 0.29) is 4.90 Å². The molecule has 0 radical (unpaired) electrons. The average Bonchev–Trinajstić information content (AvgIpc) is 2.79. The molecule has 0 atom stereocenters. The SMILES string of the molecule is CN(N=Cc1ccccc1Cl)C1=NS(=O)(=O)c2ccccc21. The normalized spacial score (nSPS) is 15.6. The van der Waals surface area contributed by atoms with Gasteiger partial charge in [0.05, 0.1) is 6.21 Å². The number of hydrogen-bond donors (Lipinski definition) is 0. The third-order valence-electron chi connectivity index (χ3n) is 3.19. The van der Waals surface area contributed by atoms with E-state index < -0.39 is 10.0 Å². The number of hydrogen-bond acceptors (Lipinski definition) is 4. The van der Waals surface area contributed by atoms with Crippen LogP contribution in [-0.4, -0.2) is 32.5 Å². The van der Waals surface area contributed by atoms with E-state index in [9.17, 15) is 8.42 Å². The first-order chi connectivity index (χ1) is 10.5. The molecule has 0 fully saturated rings. The van der Waals surface area contributed by atoms with Gasteiger partial charge in [0.2, 0.25) is 0 Å². The fourth-order valence-electron chi connectivity index (χ4n) is 2.11. The van der Waals surface area contributed by atoms with Crippen molar-refractivity contribution in [3.8, 4) is 0 Å². The molecular formula is C15H12ClN3O2S. The van der Waals surface area contributed by atoms with Gasteiger partial charge in [-0.05, 0) is 18.2 Å². The minimum Gasteiger partial charge on any atom is -0.250 e. The second-order valence-electron chi connectivity index (χ2n) is 4.68. The topological polar surface area (TPSA) is 62.1 Å². The largest absolute Gasteiger partial charge is 0.285 e. The number of rotatable bonds is 2. The molecule has 7 heteroatoms. The van der Waals surface area contributed by atoms with Crippen molar-refractivity contribution in [2.45, 2.75) is 4.90 Å². The number of benzene rings is 2. The van der Waals surface area contributed by atoms with Crippen LogP contribution in [0.3, 0.4) is 0 Å². The maximum Gasteiger partial charge on any atom is 0.285 e. The quantitative estimate of drug-likeness (QED) is 0.627. The van der Waals surface area contributed by atoms with Gasteiger partial charge >= 0.3 is 0 Å². The summed E-state index contributed by atoms with van der Waals surface area (Å²) >= 11 is 6.06. The van der Waals surface area contributed by atoms with Crippen molar-refractivity contribution in [2.24, 2.45) is 9.50 Å². The number of halogens is 1. The van der Waals surface area contributed by atoms with E-state index in [2.05, 4.69) is 9.50 Å². The highest BCUT2D eigenvalue weighted by Crippen LogP contribution is 2.27. The van der Waals surface area contributed by atoms with Crippen LogP contribution in [0.15, 0.2) is 62.9 Å². The van der Waals surface area contributed by atoms with Crippen molar-refractivity contribution in [1.82, 2.24) is 5.01 Å². The zero-order valence-corrected chi connectivity index (χ0v) is 13.2. The van der Waals surface area contributed by atoms with E-state index in [0.29, 0.717) is 16.4 Å². The van der Waals surface area contributed by atoms with Gasteiger partial charge in [0.25, 0.3) is 10.0 Å². The highest BCUT2D eigenvalue weighted by Gasteiger charge is 2.30. The molecule has 112 valence electrons. The molecule has 5 nitrogen and oxygen atoms in total. The molecule has 2 aromatic rings.